The molecule has 0 radical (unpaired) electrons. The molecule has 1 N–H and O–H groups in total. The number of methoxy groups -OCH3 is 1. The van der Waals surface area contributed by atoms with Crippen LogP contribution in [0.4, 0.5) is 5.69 Å². The molecule has 1 amide bonds. The maximum atomic E-state index is 12.3. The molecule has 1 unspecified atom stereocenters. The number of carbonyl (C=O) groups excluding carboxylic acids is 2. The number of halogens is 2. The standard InChI is InChI=1S/C20H19Cl2NO4/c1-12-4-8-18(26-3)17(10-12)23-20(25)13(2)27-19(24)9-6-14-5-7-15(21)11-16(14)22/h4-11,13H,1-3H3,(H,23,25)/b9-6+. The number of nitrogens with one attached hydrogen (secondary N) is 1. The van der Waals surface area contributed by atoms with E-state index in [0.717, 1.165) is 5.56 Å². The topological polar surface area (TPSA) is 64.6 Å². The van der Waals surface area contributed by atoms with Crippen LogP contribution >= 0.6 is 23.2 Å². The Balaban J connectivity index is 1.98. The van der Waals surface area contributed by atoms with Crippen LogP contribution in [0.5, 0.6) is 5.75 Å². The Morgan fingerprint density at radius 1 is 1.15 bits per heavy atom. The molecule has 2 aromatic carbocycles. The summed E-state index contributed by atoms with van der Waals surface area (Å²) >= 11 is 11.9. The van der Waals surface area contributed by atoms with Gasteiger partial charge in [-0.15, -0.1) is 0 Å². The van der Waals surface area contributed by atoms with Crippen molar-refractivity contribution in [3.8, 4) is 5.75 Å². The van der Waals surface area contributed by atoms with Crippen LogP contribution in [0.25, 0.3) is 6.08 Å². The Morgan fingerprint density at radius 2 is 1.89 bits per heavy atom. The first-order valence-corrected chi connectivity index (χ1v) is 8.85. The summed E-state index contributed by atoms with van der Waals surface area (Å²) in [7, 11) is 1.51. The van der Waals surface area contributed by atoms with Crippen LogP contribution in [0.2, 0.25) is 10.0 Å². The number of hydrogen-bond donors (Lipinski definition) is 1. The van der Waals surface area contributed by atoms with Crippen molar-refractivity contribution in [1.82, 2.24) is 0 Å². The molecule has 0 spiro atoms. The van der Waals surface area contributed by atoms with Crippen molar-refractivity contribution in [2.24, 2.45) is 0 Å². The molecule has 7 heteroatoms. The van der Waals surface area contributed by atoms with Gasteiger partial charge >= 0.3 is 5.97 Å². The molecule has 2 aromatic rings. The second-order valence-electron chi connectivity index (χ2n) is 5.77. The average molecular weight is 408 g/mol. The van der Waals surface area contributed by atoms with Gasteiger partial charge in [0.25, 0.3) is 5.91 Å². The number of ether oxygens (including phenoxy) is 2. The zero-order chi connectivity index (χ0) is 20.0. The van der Waals surface area contributed by atoms with E-state index in [-0.39, 0.29) is 0 Å². The molecule has 2 rings (SSSR count). The zero-order valence-corrected chi connectivity index (χ0v) is 16.6. The van der Waals surface area contributed by atoms with Crippen LogP contribution in [0.3, 0.4) is 0 Å². The van der Waals surface area contributed by atoms with E-state index < -0.39 is 18.0 Å². The van der Waals surface area contributed by atoms with Crippen LogP contribution in [0, 0.1) is 6.92 Å². The van der Waals surface area contributed by atoms with Crippen molar-refractivity contribution in [1.29, 1.82) is 0 Å². The van der Waals surface area contributed by atoms with Gasteiger partial charge in [-0.3, -0.25) is 4.79 Å². The highest BCUT2D eigenvalue weighted by Gasteiger charge is 2.18. The number of hydrogen-bond acceptors (Lipinski definition) is 4. The van der Waals surface area contributed by atoms with E-state index in [0.29, 0.717) is 27.0 Å². The summed E-state index contributed by atoms with van der Waals surface area (Å²) in [4.78, 5) is 24.2. The molecule has 0 saturated heterocycles. The lowest BCUT2D eigenvalue weighted by Crippen LogP contribution is -2.29. The summed E-state index contributed by atoms with van der Waals surface area (Å²) in [5.41, 5.74) is 2.08. The van der Waals surface area contributed by atoms with Gasteiger partial charge < -0.3 is 14.8 Å². The lowest BCUT2D eigenvalue weighted by molar-refractivity contribution is -0.148. The third-order valence-electron chi connectivity index (χ3n) is 3.64. The number of carbonyl (C=O) groups is 2. The van der Waals surface area contributed by atoms with Crippen LogP contribution in [-0.4, -0.2) is 25.1 Å². The molecule has 0 aromatic heterocycles. The van der Waals surface area contributed by atoms with Gasteiger partial charge in [-0.2, -0.15) is 0 Å². The average Bonchev–Trinajstić information content (AvgIpc) is 2.61. The van der Waals surface area contributed by atoms with Crippen molar-refractivity contribution in [3.63, 3.8) is 0 Å². The molecule has 0 aliphatic carbocycles. The number of benzene rings is 2. The van der Waals surface area contributed by atoms with Gasteiger partial charge in [-0.1, -0.05) is 35.3 Å². The zero-order valence-electron chi connectivity index (χ0n) is 15.1. The summed E-state index contributed by atoms with van der Waals surface area (Å²) in [5.74, 6) is -0.616. The highest BCUT2D eigenvalue weighted by atomic mass is 35.5. The molecule has 0 saturated carbocycles. The molecule has 142 valence electrons. The quantitative estimate of drug-likeness (QED) is 0.546. The van der Waals surface area contributed by atoms with E-state index in [9.17, 15) is 9.59 Å². The molecular formula is C20H19Cl2NO4. The Kier molecular flexibility index (Phi) is 7.28. The van der Waals surface area contributed by atoms with E-state index >= 15 is 0 Å². The Labute approximate surface area is 167 Å². The number of aryl methyl sites for hydroxylation is 1. The lowest BCUT2D eigenvalue weighted by Gasteiger charge is -2.15. The SMILES string of the molecule is COc1ccc(C)cc1NC(=O)C(C)OC(=O)/C=C/c1ccc(Cl)cc1Cl. The molecule has 27 heavy (non-hydrogen) atoms. The van der Waals surface area contributed by atoms with Gasteiger partial charge in [0.2, 0.25) is 0 Å². The first-order valence-electron chi connectivity index (χ1n) is 8.09. The molecule has 0 fully saturated rings. The van der Waals surface area contributed by atoms with Crippen molar-refractivity contribution in [3.05, 3.63) is 63.6 Å². The minimum atomic E-state index is -0.993. The largest absolute Gasteiger partial charge is 0.495 e. The summed E-state index contributed by atoms with van der Waals surface area (Å²) in [5, 5.41) is 3.60. The van der Waals surface area contributed by atoms with Gasteiger partial charge in [0, 0.05) is 16.1 Å². The fourth-order valence-electron chi connectivity index (χ4n) is 2.22. The van der Waals surface area contributed by atoms with Gasteiger partial charge in [0.15, 0.2) is 6.10 Å². The second kappa shape index (κ2) is 9.44. The third kappa shape index (κ3) is 6.01. The molecule has 1 atom stereocenters. The van der Waals surface area contributed by atoms with Gasteiger partial charge in [0.1, 0.15) is 5.75 Å². The lowest BCUT2D eigenvalue weighted by atomic mass is 10.2. The molecule has 0 aliphatic heterocycles. The predicted octanol–water partition coefficient (Wildman–Crippen LogP) is 4.89. The van der Waals surface area contributed by atoms with E-state index in [4.69, 9.17) is 32.7 Å². The molecular weight excluding hydrogens is 389 g/mol. The number of amides is 1. The first kappa shape index (κ1) is 20.8. The van der Waals surface area contributed by atoms with Crippen molar-refractivity contribution in [2.45, 2.75) is 20.0 Å². The third-order valence-corrected chi connectivity index (χ3v) is 4.20. The van der Waals surface area contributed by atoms with Crippen molar-refractivity contribution >= 4 is 46.8 Å². The van der Waals surface area contributed by atoms with E-state index in [1.54, 1.807) is 30.3 Å². The molecule has 0 heterocycles. The second-order valence-corrected chi connectivity index (χ2v) is 6.61. The first-order chi connectivity index (χ1) is 12.8. The molecule has 5 nitrogen and oxygen atoms in total. The van der Waals surface area contributed by atoms with E-state index in [2.05, 4.69) is 5.32 Å². The number of anilines is 1. The van der Waals surface area contributed by atoms with E-state index in [1.165, 1.54) is 26.2 Å². The Hall–Kier alpha value is -2.50. The Bertz CT molecular complexity index is 880. The highest BCUT2D eigenvalue weighted by molar-refractivity contribution is 6.35. The number of esters is 1. The Morgan fingerprint density at radius 3 is 2.56 bits per heavy atom. The molecule has 0 aliphatic rings. The van der Waals surface area contributed by atoms with Crippen LogP contribution in [0.1, 0.15) is 18.1 Å². The summed E-state index contributed by atoms with van der Waals surface area (Å²) in [6, 6.07) is 10.3. The normalized spacial score (nSPS) is 11.9. The van der Waals surface area contributed by atoms with E-state index in [1.807, 2.05) is 13.0 Å². The maximum Gasteiger partial charge on any atom is 0.331 e. The summed E-state index contributed by atoms with van der Waals surface area (Å²) in [6.45, 7) is 3.38. The van der Waals surface area contributed by atoms with Gasteiger partial charge in [0.05, 0.1) is 12.8 Å². The predicted molar refractivity (Wildman–Crippen MR) is 107 cm³/mol. The fraction of sp³-hybridized carbons (Fsp3) is 0.200. The van der Waals surface area contributed by atoms with Crippen molar-refractivity contribution in [2.75, 3.05) is 12.4 Å². The molecule has 0 bridgehead atoms. The fourth-order valence-corrected chi connectivity index (χ4v) is 2.69. The van der Waals surface area contributed by atoms with Crippen molar-refractivity contribution < 1.29 is 19.1 Å². The van der Waals surface area contributed by atoms with Gasteiger partial charge in [-0.25, -0.2) is 4.79 Å². The highest BCUT2D eigenvalue weighted by Crippen LogP contribution is 2.25. The minimum absolute atomic E-state index is 0.406. The maximum absolute atomic E-state index is 12.3. The van der Waals surface area contributed by atoms with Crippen LogP contribution in [0.15, 0.2) is 42.5 Å². The van der Waals surface area contributed by atoms with Crippen LogP contribution in [-0.2, 0) is 14.3 Å². The summed E-state index contributed by atoms with van der Waals surface area (Å²) < 4.78 is 10.3. The minimum Gasteiger partial charge on any atom is -0.495 e. The van der Waals surface area contributed by atoms with Crippen LogP contribution < -0.4 is 10.1 Å². The number of rotatable bonds is 6. The monoisotopic (exact) mass is 407 g/mol. The van der Waals surface area contributed by atoms with Gasteiger partial charge in [-0.05, 0) is 55.3 Å². The smallest absolute Gasteiger partial charge is 0.331 e. The summed E-state index contributed by atoms with van der Waals surface area (Å²) in [6.07, 6.45) is 1.70.